The van der Waals surface area contributed by atoms with Gasteiger partial charge in [0.1, 0.15) is 17.3 Å². The van der Waals surface area contributed by atoms with Crippen LogP contribution in [0.25, 0.3) is 0 Å². The molecule has 0 aliphatic carbocycles. The Kier molecular flexibility index (Phi) is 5.07. The van der Waals surface area contributed by atoms with E-state index in [4.69, 9.17) is 21.3 Å². The number of nitrogens with zero attached hydrogens (tertiary/aromatic N) is 2. The fourth-order valence-corrected chi connectivity index (χ4v) is 3.73. The van der Waals surface area contributed by atoms with Crippen molar-refractivity contribution in [2.24, 2.45) is 4.99 Å². The first-order valence-corrected chi connectivity index (χ1v) is 9.48. The van der Waals surface area contributed by atoms with Crippen molar-refractivity contribution in [3.05, 3.63) is 64.7 Å². The molecule has 28 heavy (non-hydrogen) atoms. The zero-order valence-electron chi connectivity index (χ0n) is 15.4. The van der Waals surface area contributed by atoms with Crippen LogP contribution in [0.15, 0.2) is 59.1 Å². The average Bonchev–Trinajstić information content (AvgIpc) is 2.85. The van der Waals surface area contributed by atoms with Crippen molar-refractivity contribution in [2.45, 2.75) is 13.0 Å². The highest BCUT2D eigenvalue weighted by molar-refractivity contribution is 6.31. The Balaban J connectivity index is 1.77. The molecule has 1 atom stereocenters. The third kappa shape index (κ3) is 3.48. The number of hydrogen-bond donors (Lipinski definition) is 2. The number of carboxylic acid groups (broad SMARTS) is 1. The Labute approximate surface area is 168 Å². The van der Waals surface area contributed by atoms with Crippen LogP contribution in [0.3, 0.4) is 0 Å². The van der Waals surface area contributed by atoms with Crippen LogP contribution >= 0.6 is 11.6 Å². The molecule has 0 spiro atoms. The minimum Gasteiger partial charge on any atom is -0.478 e. The van der Waals surface area contributed by atoms with Crippen molar-refractivity contribution < 1.29 is 14.6 Å². The third-order valence-corrected chi connectivity index (χ3v) is 5.14. The molecule has 2 aromatic rings. The summed E-state index contributed by atoms with van der Waals surface area (Å²) in [5.74, 6) is 1.19. The number of fused-ring (bicyclic) bond motifs is 2. The van der Waals surface area contributed by atoms with Gasteiger partial charge < -0.3 is 20.1 Å². The first kappa shape index (κ1) is 18.5. The molecule has 0 radical (unpaired) electrons. The van der Waals surface area contributed by atoms with Gasteiger partial charge in [-0.05, 0) is 37.3 Å². The molecule has 0 saturated carbocycles. The van der Waals surface area contributed by atoms with Gasteiger partial charge in [0, 0.05) is 24.7 Å². The number of carboxylic acids is 1. The lowest BCUT2D eigenvalue weighted by Crippen LogP contribution is -2.54. The minimum atomic E-state index is -0.912. The zero-order chi connectivity index (χ0) is 19.7. The summed E-state index contributed by atoms with van der Waals surface area (Å²) in [5.41, 5.74) is 1.87. The maximum absolute atomic E-state index is 11.6. The Morgan fingerprint density at radius 1 is 1.32 bits per heavy atom. The van der Waals surface area contributed by atoms with Crippen molar-refractivity contribution in [2.75, 3.05) is 19.6 Å². The lowest BCUT2D eigenvalue weighted by Gasteiger charge is -2.36. The molecule has 2 N–H and O–H groups in total. The monoisotopic (exact) mass is 397 g/mol. The van der Waals surface area contributed by atoms with Crippen LogP contribution in [0.4, 0.5) is 5.69 Å². The number of para-hydroxylation sites is 1. The number of benzene rings is 2. The van der Waals surface area contributed by atoms with Gasteiger partial charge in [0.2, 0.25) is 0 Å². The second kappa shape index (κ2) is 7.66. The van der Waals surface area contributed by atoms with Gasteiger partial charge in [-0.2, -0.15) is 0 Å². The van der Waals surface area contributed by atoms with Gasteiger partial charge in [-0.15, -0.1) is 0 Å². The maximum atomic E-state index is 11.6. The molecule has 0 aromatic heterocycles. The summed E-state index contributed by atoms with van der Waals surface area (Å²) in [6, 6.07) is 12.8. The molecule has 2 aliphatic heterocycles. The Hall–Kier alpha value is -2.83. The van der Waals surface area contributed by atoms with E-state index in [0.717, 1.165) is 11.4 Å². The smallest absolute Gasteiger partial charge is 0.332 e. The number of halogens is 1. The summed E-state index contributed by atoms with van der Waals surface area (Å²) in [6.45, 7) is 3.60. The van der Waals surface area contributed by atoms with E-state index in [9.17, 15) is 9.90 Å². The molecule has 2 aromatic carbocycles. The van der Waals surface area contributed by atoms with Crippen LogP contribution in [0.5, 0.6) is 11.5 Å². The third-order valence-electron chi connectivity index (χ3n) is 4.90. The van der Waals surface area contributed by atoms with Crippen molar-refractivity contribution >= 4 is 29.1 Å². The number of carbonyl (C=O) groups is 1. The second-order valence-corrected chi connectivity index (χ2v) is 7.08. The van der Waals surface area contributed by atoms with Crippen LogP contribution < -0.4 is 10.1 Å². The van der Waals surface area contributed by atoms with Crippen molar-refractivity contribution in [1.29, 1.82) is 0 Å². The summed E-state index contributed by atoms with van der Waals surface area (Å²) in [6.07, 6.45) is 1.64. The van der Waals surface area contributed by atoms with Crippen molar-refractivity contribution in [3.63, 3.8) is 0 Å². The van der Waals surface area contributed by atoms with Gasteiger partial charge in [0.05, 0.1) is 17.2 Å². The molecule has 0 bridgehead atoms. The molecular formula is C21H20ClN3O3. The Bertz CT molecular complexity index is 987. The number of aliphatic carboxylic acids is 1. The second-order valence-electron chi connectivity index (χ2n) is 6.65. The molecule has 0 unspecified atom stereocenters. The summed E-state index contributed by atoms with van der Waals surface area (Å²) >= 11 is 6.17. The predicted molar refractivity (Wildman–Crippen MR) is 109 cm³/mol. The summed E-state index contributed by atoms with van der Waals surface area (Å²) in [4.78, 5) is 18.5. The highest BCUT2D eigenvalue weighted by Crippen LogP contribution is 2.39. The highest BCUT2D eigenvalue weighted by atomic mass is 35.5. The van der Waals surface area contributed by atoms with E-state index in [2.05, 4.69) is 10.2 Å². The molecule has 1 saturated heterocycles. The molecule has 2 aliphatic rings. The first-order valence-electron chi connectivity index (χ1n) is 9.10. The number of ether oxygens (including phenoxy) is 1. The lowest BCUT2D eigenvalue weighted by atomic mass is 10.0. The lowest BCUT2D eigenvalue weighted by molar-refractivity contribution is -0.133. The van der Waals surface area contributed by atoms with E-state index in [1.54, 1.807) is 25.1 Å². The molecule has 6 nitrogen and oxygen atoms in total. The fourth-order valence-electron chi connectivity index (χ4n) is 3.56. The van der Waals surface area contributed by atoms with Gasteiger partial charge in [-0.25, -0.2) is 9.79 Å². The van der Waals surface area contributed by atoms with E-state index in [0.29, 0.717) is 47.4 Å². The summed E-state index contributed by atoms with van der Waals surface area (Å²) in [7, 11) is 0. The number of hydrogen-bond acceptors (Lipinski definition) is 5. The normalized spacial score (nSPS) is 19.1. The van der Waals surface area contributed by atoms with Crippen LogP contribution in [0.2, 0.25) is 5.02 Å². The zero-order valence-corrected chi connectivity index (χ0v) is 16.1. The SMILES string of the molecule is C/C=C(\C(=O)O)[C@@H]1CN(C2=Nc3cc(Cl)ccc3Oc3ccccc32)CCN1. The van der Waals surface area contributed by atoms with E-state index < -0.39 is 5.97 Å². The van der Waals surface area contributed by atoms with Gasteiger partial charge in [0.25, 0.3) is 0 Å². The number of amidine groups is 1. The number of aliphatic imine (C=N–C) groups is 1. The molecule has 0 amide bonds. The van der Waals surface area contributed by atoms with Crippen LogP contribution in [-0.2, 0) is 4.79 Å². The van der Waals surface area contributed by atoms with Gasteiger partial charge in [0.15, 0.2) is 5.75 Å². The predicted octanol–water partition coefficient (Wildman–Crippen LogP) is 3.83. The molecule has 2 heterocycles. The van der Waals surface area contributed by atoms with Gasteiger partial charge in [-0.1, -0.05) is 29.8 Å². The Morgan fingerprint density at radius 3 is 2.93 bits per heavy atom. The number of nitrogens with one attached hydrogen (secondary N) is 1. The number of allylic oxidation sites excluding steroid dienone is 1. The largest absolute Gasteiger partial charge is 0.478 e. The summed E-state index contributed by atoms with van der Waals surface area (Å²) < 4.78 is 6.09. The van der Waals surface area contributed by atoms with E-state index in [1.807, 2.05) is 30.3 Å². The average molecular weight is 398 g/mol. The van der Waals surface area contributed by atoms with E-state index in [-0.39, 0.29) is 6.04 Å². The standard InChI is InChI=1S/C21H20ClN3O3/c1-2-14(21(26)27)17-12-25(10-9-23-17)20-15-5-3-4-6-18(15)28-19-8-7-13(22)11-16(19)24-20/h2-8,11,17,23H,9-10,12H2,1H3,(H,26,27)/b14-2-/t17-/m0/s1. The summed E-state index contributed by atoms with van der Waals surface area (Å²) in [5, 5.41) is 13.4. The van der Waals surface area contributed by atoms with Crippen LogP contribution in [-0.4, -0.2) is 47.5 Å². The topological polar surface area (TPSA) is 74.2 Å². The quantitative estimate of drug-likeness (QED) is 0.753. The Morgan fingerprint density at radius 2 is 2.14 bits per heavy atom. The van der Waals surface area contributed by atoms with Gasteiger partial charge >= 0.3 is 5.97 Å². The van der Waals surface area contributed by atoms with Crippen molar-refractivity contribution in [1.82, 2.24) is 10.2 Å². The van der Waals surface area contributed by atoms with E-state index in [1.165, 1.54) is 0 Å². The van der Waals surface area contributed by atoms with Crippen LogP contribution in [0, 0.1) is 0 Å². The molecule has 1 fully saturated rings. The van der Waals surface area contributed by atoms with Crippen molar-refractivity contribution in [3.8, 4) is 11.5 Å². The van der Waals surface area contributed by atoms with Gasteiger partial charge in [-0.3, -0.25) is 0 Å². The van der Waals surface area contributed by atoms with Crippen LogP contribution in [0.1, 0.15) is 12.5 Å². The molecule has 144 valence electrons. The molecule has 4 rings (SSSR count). The van der Waals surface area contributed by atoms with E-state index >= 15 is 0 Å². The minimum absolute atomic E-state index is 0.283. The number of rotatable bonds is 2. The fraction of sp³-hybridized carbons (Fsp3) is 0.238. The first-order chi connectivity index (χ1) is 13.6. The molecular weight excluding hydrogens is 378 g/mol. The maximum Gasteiger partial charge on any atom is 0.332 e. The molecule has 7 heteroatoms. The number of piperazine rings is 1. The highest BCUT2D eigenvalue weighted by Gasteiger charge is 2.30.